The van der Waals surface area contributed by atoms with Crippen LogP contribution in [0.3, 0.4) is 0 Å². The molecule has 0 fully saturated rings. The van der Waals surface area contributed by atoms with Crippen LogP contribution in [0.4, 0.5) is 0 Å². The van der Waals surface area contributed by atoms with Crippen molar-refractivity contribution < 1.29 is 5.48 Å². The van der Waals surface area contributed by atoms with Gasteiger partial charge in [0.25, 0.3) is 0 Å². The fourth-order valence-corrected chi connectivity index (χ4v) is 0. The van der Waals surface area contributed by atoms with E-state index < -0.39 is 0 Å². The number of thiol groups is 1. The van der Waals surface area contributed by atoms with E-state index in [4.69, 9.17) is 0 Å². The molecule has 1 nitrogen and oxygen atoms in total. The van der Waals surface area contributed by atoms with Gasteiger partial charge in [-0.2, -0.15) is 0 Å². The fourth-order valence-electron chi connectivity index (χ4n) is 0. The molecule has 0 heterocycles. The Morgan fingerprint density at radius 3 is 1.14 bits per heavy atom. The fraction of sp³-hybridized carbons (Fsp3) is 1.00. The van der Waals surface area contributed by atoms with Gasteiger partial charge in [0.2, 0.25) is 0 Å². The smallest absolute Gasteiger partial charge is 0 e. The molecule has 0 saturated heterocycles. The van der Waals surface area contributed by atoms with Crippen LogP contribution in [-0.2, 0) is 13.5 Å². The van der Waals surface area contributed by atoms with E-state index in [1.807, 2.05) is 0 Å². The van der Waals surface area contributed by atoms with Crippen LogP contribution in [0.1, 0.15) is 26.7 Å². The molecule has 0 saturated carbocycles. The van der Waals surface area contributed by atoms with Crippen molar-refractivity contribution in [1.82, 2.24) is 0 Å². The van der Waals surface area contributed by atoms with Crippen molar-refractivity contribution in [2.45, 2.75) is 26.7 Å². The number of unbranched alkanes of at least 4 members (excludes halogenated alkanes) is 1. The second-order valence-corrected chi connectivity index (χ2v) is 1.000. The van der Waals surface area contributed by atoms with Crippen molar-refractivity contribution >= 4 is 37.4 Å². The molecule has 7 heavy (non-hydrogen) atoms. The second kappa shape index (κ2) is 27.4. The summed E-state index contributed by atoms with van der Waals surface area (Å²) in [5.41, 5.74) is 0. The topological polar surface area (TPSA) is 31.5 Å². The molecule has 0 aromatic carbocycles. The van der Waals surface area contributed by atoms with Crippen LogP contribution in [0.25, 0.3) is 0 Å². The minimum absolute atomic E-state index is 0. The summed E-state index contributed by atoms with van der Waals surface area (Å²) in [5.74, 6) is 0. The zero-order valence-corrected chi connectivity index (χ0v) is 8.61. The van der Waals surface area contributed by atoms with E-state index in [0.717, 1.165) is 0 Å². The van der Waals surface area contributed by atoms with Crippen molar-refractivity contribution in [2.75, 3.05) is 0 Å². The van der Waals surface area contributed by atoms with E-state index in [-0.39, 0.29) is 42.9 Å². The van der Waals surface area contributed by atoms with Gasteiger partial charge in [0.1, 0.15) is 0 Å². The molecule has 0 aliphatic carbocycles. The summed E-state index contributed by atoms with van der Waals surface area (Å²) in [6.07, 6.45) is 2.64. The summed E-state index contributed by atoms with van der Waals surface area (Å²) in [4.78, 5) is 0. The Labute approximate surface area is 69.6 Å². The van der Waals surface area contributed by atoms with Crippen molar-refractivity contribution in [3.63, 3.8) is 0 Å². The van der Waals surface area contributed by atoms with Gasteiger partial charge in [0.05, 0.1) is 0 Å². The van der Waals surface area contributed by atoms with Crippen LogP contribution in [0.2, 0.25) is 0 Å². The average Bonchev–Trinajstić information content (AvgIpc) is 1.37. The molecule has 0 atom stereocenters. The predicted molar refractivity (Wildman–Crippen MR) is 38.7 cm³/mol. The second-order valence-electron chi connectivity index (χ2n) is 1.000. The molecule has 4 radical (unpaired) electrons. The van der Waals surface area contributed by atoms with E-state index in [9.17, 15) is 0 Å². The van der Waals surface area contributed by atoms with Crippen LogP contribution in [0, 0.1) is 0 Å². The molecule has 2 N–H and O–H groups in total. The molecule has 46 valence electrons. The molecular weight excluding hydrogens is 215 g/mol. The largest absolute Gasteiger partial charge is 0.813 e. The first kappa shape index (κ1) is 24.3. The summed E-state index contributed by atoms with van der Waals surface area (Å²) in [5, 5.41) is 0. The Hall–Kier alpha value is 1.11. The maximum absolute atomic E-state index is 2.18. The van der Waals surface area contributed by atoms with Crippen molar-refractivity contribution in [3.05, 3.63) is 0 Å². The van der Waals surface area contributed by atoms with Crippen LogP contribution < -0.4 is 0 Å². The van der Waals surface area contributed by atoms with Gasteiger partial charge in [-0.15, -0.1) is 0 Å². The van der Waals surface area contributed by atoms with Crippen molar-refractivity contribution in [2.24, 2.45) is 0 Å². The normalized spacial score (nSPS) is 4.29. The van der Waals surface area contributed by atoms with Crippen LogP contribution in [0.5, 0.6) is 0 Å². The van der Waals surface area contributed by atoms with Crippen LogP contribution >= 0.6 is 0 Å². The number of rotatable bonds is 1. The molecule has 0 aliphatic rings. The van der Waals surface area contributed by atoms with E-state index in [1.165, 1.54) is 12.8 Å². The van der Waals surface area contributed by atoms with Gasteiger partial charge >= 0.3 is 0 Å². The minimum atomic E-state index is 0. The Balaban J connectivity index is -0.0000000150. The zero-order chi connectivity index (χ0) is 3.41. The van der Waals surface area contributed by atoms with Crippen LogP contribution in [-0.4, -0.2) is 29.4 Å². The van der Waals surface area contributed by atoms with E-state index >= 15 is 0 Å². The molecule has 0 aliphatic heterocycles. The Morgan fingerprint density at radius 2 is 1.14 bits per heavy atom. The first-order chi connectivity index (χ1) is 1.91. The van der Waals surface area contributed by atoms with Gasteiger partial charge < -0.3 is 19.0 Å². The summed E-state index contributed by atoms with van der Waals surface area (Å²) in [6, 6.07) is 0. The maximum Gasteiger partial charge on any atom is 0 e. The first-order valence-electron chi connectivity index (χ1n) is 1.91. The Morgan fingerprint density at radius 1 is 1.00 bits per heavy atom. The van der Waals surface area contributed by atoms with E-state index in [1.54, 1.807) is 0 Å². The number of hydrogen-bond acceptors (Lipinski definition) is 1. The van der Waals surface area contributed by atoms with E-state index in [0.29, 0.717) is 0 Å². The summed E-state index contributed by atoms with van der Waals surface area (Å²) in [6.45, 7) is 4.36. The van der Waals surface area contributed by atoms with Gasteiger partial charge in [0.15, 0.2) is 0 Å². The van der Waals surface area contributed by atoms with Gasteiger partial charge in [-0.3, -0.25) is 0 Å². The molecule has 0 bridgehead atoms. The quantitative estimate of drug-likeness (QED) is 0.361. The molecule has 0 aromatic heterocycles. The van der Waals surface area contributed by atoms with Gasteiger partial charge in [0, 0.05) is 23.9 Å². The Kier molecular flexibility index (Phi) is 95.2. The van der Waals surface area contributed by atoms with Gasteiger partial charge in [-0.05, 0) is 0 Å². The minimum Gasteiger partial charge on any atom is -0.813 e. The molecular formula is C4H13OSSn-. The maximum atomic E-state index is 2.18. The molecule has 0 unspecified atom stereocenters. The SMILES string of the molecule is CCCC.O.[SH-].[Sn]. The molecule has 0 aromatic rings. The predicted octanol–water partition coefficient (Wildman–Crippen LogP) is 0.331. The van der Waals surface area contributed by atoms with Crippen molar-refractivity contribution in [3.8, 4) is 0 Å². The molecule has 0 rings (SSSR count). The van der Waals surface area contributed by atoms with E-state index in [2.05, 4.69) is 13.8 Å². The van der Waals surface area contributed by atoms with Gasteiger partial charge in [-0.1, -0.05) is 26.7 Å². The standard InChI is InChI=1S/C4H10.H2O.H2S.Sn/c1-3-4-2;;;/h3-4H2,1-2H3;2*1H2;/p-1. The summed E-state index contributed by atoms with van der Waals surface area (Å²) >= 11 is 0. The average molecular weight is 228 g/mol. The third kappa shape index (κ3) is 41.7. The summed E-state index contributed by atoms with van der Waals surface area (Å²) < 4.78 is 0. The van der Waals surface area contributed by atoms with Crippen molar-refractivity contribution in [1.29, 1.82) is 0 Å². The molecule has 0 spiro atoms. The summed E-state index contributed by atoms with van der Waals surface area (Å²) in [7, 11) is 0. The molecule has 0 amide bonds. The zero-order valence-electron chi connectivity index (χ0n) is 4.86. The molecule has 3 heteroatoms. The monoisotopic (exact) mass is 229 g/mol. The number of hydrogen-bond donors (Lipinski definition) is 0. The first-order valence-corrected chi connectivity index (χ1v) is 1.91. The van der Waals surface area contributed by atoms with Gasteiger partial charge in [-0.25, -0.2) is 0 Å². The third-order valence-electron chi connectivity index (χ3n) is 0.500. The third-order valence-corrected chi connectivity index (χ3v) is 0.500. The van der Waals surface area contributed by atoms with Crippen LogP contribution in [0.15, 0.2) is 0 Å². The Bertz CT molecular complexity index is 13.7.